The molecule has 0 spiro atoms. The highest BCUT2D eigenvalue weighted by Crippen LogP contribution is 2.56. The van der Waals surface area contributed by atoms with Crippen molar-refractivity contribution in [1.82, 2.24) is 4.90 Å². The zero-order valence-corrected chi connectivity index (χ0v) is 17.5. The first kappa shape index (κ1) is 19.2. The Morgan fingerprint density at radius 3 is 2.24 bits per heavy atom. The maximum absolute atomic E-state index is 12.8. The first-order valence-electron chi connectivity index (χ1n) is 11.0. The van der Waals surface area contributed by atoms with Crippen LogP contribution in [0.25, 0.3) is 0 Å². The highest BCUT2D eigenvalue weighted by Gasteiger charge is 2.51. The Bertz CT molecular complexity index is 762. The fraction of sp³-hybridized carbons (Fsp3) is 0.652. The van der Waals surface area contributed by atoms with Gasteiger partial charge >= 0.3 is 5.97 Å². The SMILES string of the molecule is O=C(OCC(=O)N1CCN(c2cccc(Cl)c2)CC1)C1C2CC3CC(C2)CC1C3. The van der Waals surface area contributed by atoms with Crippen LogP contribution in [0.1, 0.15) is 32.1 Å². The van der Waals surface area contributed by atoms with E-state index in [2.05, 4.69) is 4.90 Å². The second-order valence-corrected chi connectivity index (χ2v) is 9.85. The van der Waals surface area contributed by atoms with Crippen molar-refractivity contribution in [2.75, 3.05) is 37.7 Å². The van der Waals surface area contributed by atoms with Crippen LogP contribution in [0.4, 0.5) is 5.69 Å². The van der Waals surface area contributed by atoms with Crippen molar-refractivity contribution >= 4 is 29.2 Å². The predicted molar refractivity (Wildman–Crippen MR) is 112 cm³/mol. The Morgan fingerprint density at radius 2 is 1.62 bits per heavy atom. The molecule has 29 heavy (non-hydrogen) atoms. The second-order valence-electron chi connectivity index (χ2n) is 9.41. The van der Waals surface area contributed by atoms with E-state index in [0.29, 0.717) is 24.9 Å². The van der Waals surface area contributed by atoms with E-state index >= 15 is 0 Å². The Balaban J connectivity index is 1.11. The molecule has 6 rings (SSSR count). The van der Waals surface area contributed by atoms with Gasteiger partial charge in [-0.05, 0) is 74.0 Å². The van der Waals surface area contributed by atoms with Crippen LogP contribution in [0.15, 0.2) is 24.3 Å². The van der Waals surface area contributed by atoms with Gasteiger partial charge in [0, 0.05) is 36.9 Å². The van der Waals surface area contributed by atoms with E-state index < -0.39 is 0 Å². The van der Waals surface area contributed by atoms with Gasteiger partial charge in [0.15, 0.2) is 6.61 Å². The van der Waals surface area contributed by atoms with Crippen molar-refractivity contribution in [2.24, 2.45) is 29.6 Å². The summed E-state index contributed by atoms with van der Waals surface area (Å²) in [6, 6.07) is 7.80. The predicted octanol–water partition coefficient (Wildman–Crippen LogP) is 3.60. The topological polar surface area (TPSA) is 49.9 Å². The maximum Gasteiger partial charge on any atom is 0.310 e. The number of benzene rings is 1. The van der Waals surface area contributed by atoms with Gasteiger partial charge in [0.2, 0.25) is 0 Å². The van der Waals surface area contributed by atoms with Crippen LogP contribution in [0.5, 0.6) is 0 Å². The van der Waals surface area contributed by atoms with Crippen molar-refractivity contribution < 1.29 is 14.3 Å². The second kappa shape index (κ2) is 7.82. The zero-order chi connectivity index (χ0) is 20.0. The third kappa shape index (κ3) is 3.86. The third-order valence-electron chi connectivity index (χ3n) is 7.64. The van der Waals surface area contributed by atoms with Crippen LogP contribution in [0.2, 0.25) is 5.02 Å². The van der Waals surface area contributed by atoms with Gasteiger partial charge in [-0.15, -0.1) is 0 Å². The summed E-state index contributed by atoms with van der Waals surface area (Å²) < 4.78 is 5.55. The lowest BCUT2D eigenvalue weighted by Gasteiger charge is -2.53. The maximum atomic E-state index is 12.8. The number of piperazine rings is 1. The van der Waals surface area contributed by atoms with Crippen LogP contribution in [0.3, 0.4) is 0 Å². The van der Waals surface area contributed by atoms with Crippen molar-refractivity contribution in [3.05, 3.63) is 29.3 Å². The van der Waals surface area contributed by atoms with Gasteiger partial charge in [0.25, 0.3) is 5.91 Å². The van der Waals surface area contributed by atoms with E-state index in [9.17, 15) is 9.59 Å². The van der Waals surface area contributed by atoms with Crippen LogP contribution < -0.4 is 4.90 Å². The van der Waals surface area contributed by atoms with Crippen molar-refractivity contribution in [1.29, 1.82) is 0 Å². The van der Waals surface area contributed by atoms with Gasteiger partial charge < -0.3 is 14.5 Å². The lowest BCUT2D eigenvalue weighted by Crippen LogP contribution is -2.51. The minimum atomic E-state index is -0.121. The van der Waals surface area contributed by atoms with Crippen LogP contribution in [-0.4, -0.2) is 49.6 Å². The molecule has 1 aromatic carbocycles. The van der Waals surface area contributed by atoms with Crippen LogP contribution in [0, 0.1) is 29.6 Å². The molecular weight excluding hydrogens is 388 g/mol. The summed E-state index contributed by atoms with van der Waals surface area (Å²) in [5.74, 6) is 2.50. The van der Waals surface area contributed by atoms with Gasteiger partial charge in [0.1, 0.15) is 0 Å². The zero-order valence-electron chi connectivity index (χ0n) is 16.8. The highest BCUT2D eigenvalue weighted by molar-refractivity contribution is 6.30. The molecule has 4 saturated carbocycles. The highest BCUT2D eigenvalue weighted by atomic mass is 35.5. The fourth-order valence-electron chi connectivity index (χ4n) is 6.52. The lowest BCUT2D eigenvalue weighted by molar-refractivity contribution is -0.166. The normalized spacial score (nSPS) is 33.1. The molecule has 0 radical (unpaired) electrons. The molecule has 156 valence electrons. The molecule has 0 atom stereocenters. The Kier molecular flexibility index (Phi) is 5.19. The van der Waals surface area contributed by atoms with Gasteiger partial charge in [-0.25, -0.2) is 0 Å². The molecule has 4 aliphatic carbocycles. The molecule has 6 heteroatoms. The van der Waals surface area contributed by atoms with E-state index in [1.165, 1.54) is 32.1 Å². The molecule has 1 aliphatic heterocycles. The number of rotatable bonds is 4. The lowest BCUT2D eigenvalue weighted by atomic mass is 9.52. The summed E-state index contributed by atoms with van der Waals surface area (Å²) in [5, 5.41) is 0.720. The van der Waals surface area contributed by atoms with Gasteiger partial charge in [0.05, 0.1) is 5.92 Å². The Labute approximate surface area is 177 Å². The fourth-order valence-corrected chi connectivity index (χ4v) is 6.70. The average Bonchev–Trinajstić information content (AvgIpc) is 2.71. The monoisotopic (exact) mass is 416 g/mol. The number of anilines is 1. The molecule has 1 heterocycles. The summed E-state index contributed by atoms with van der Waals surface area (Å²) >= 11 is 6.08. The van der Waals surface area contributed by atoms with Gasteiger partial charge in [-0.1, -0.05) is 17.7 Å². The van der Waals surface area contributed by atoms with Gasteiger partial charge in [-0.2, -0.15) is 0 Å². The molecule has 4 bridgehead atoms. The third-order valence-corrected chi connectivity index (χ3v) is 7.88. The molecule has 1 amide bonds. The molecule has 5 aliphatic rings. The minimum Gasteiger partial charge on any atom is -0.455 e. The molecule has 0 aromatic heterocycles. The quantitative estimate of drug-likeness (QED) is 0.703. The number of halogens is 1. The molecule has 1 aromatic rings. The minimum absolute atomic E-state index is 0.0373. The number of ether oxygens (including phenoxy) is 1. The summed E-state index contributed by atoms with van der Waals surface area (Å²) in [6.45, 7) is 2.69. The molecule has 5 nitrogen and oxygen atoms in total. The first-order chi connectivity index (χ1) is 14.1. The van der Waals surface area contributed by atoms with E-state index in [1.807, 2.05) is 29.2 Å². The molecule has 5 fully saturated rings. The van der Waals surface area contributed by atoms with E-state index in [-0.39, 0.29) is 24.4 Å². The van der Waals surface area contributed by atoms with Crippen LogP contribution in [-0.2, 0) is 14.3 Å². The summed E-state index contributed by atoms with van der Waals surface area (Å²) in [6.07, 6.45) is 6.12. The Morgan fingerprint density at radius 1 is 0.966 bits per heavy atom. The van der Waals surface area contributed by atoms with Gasteiger partial charge in [-0.3, -0.25) is 9.59 Å². The standard InChI is InChI=1S/C23H29ClN2O3/c24-19-2-1-3-20(13-19)25-4-6-26(7-5-25)21(27)14-29-23(28)22-17-9-15-8-16(11-17)12-18(22)10-15/h1-3,13,15-18,22H,4-12,14H2. The summed E-state index contributed by atoms with van der Waals surface area (Å²) in [4.78, 5) is 29.4. The average molecular weight is 417 g/mol. The Hall–Kier alpha value is -1.75. The molecule has 0 unspecified atom stereocenters. The first-order valence-corrected chi connectivity index (χ1v) is 11.4. The van der Waals surface area contributed by atoms with Crippen molar-refractivity contribution in [3.63, 3.8) is 0 Å². The number of hydrogen-bond donors (Lipinski definition) is 0. The number of carbonyl (C=O) groups excluding carboxylic acids is 2. The molecule has 0 N–H and O–H groups in total. The number of esters is 1. The largest absolute Gasteiger partial charge is 0.455 e. The van der Waals surface area contributed by atoms with Crippen LogP contribution >= 0.6 is 11.6 Å². The smallest absolute Gasteiger partial charge is 0.310 e. The van der Waals surface area contributed by atoms with E-state index in [1.54, 1.807) is 0 Å². The number of amides is 1. The summed E-state index contributed by atoms with van der Waals surface area (Å²) in [5.41, 5.74) is 1.08. The number of carbonyl (C=O) groups is 2. The van der Waals surface area contributed by atoms with E-state index in [0.717, 1.165) is 35.6 Å². The summed E-state index contributed by atoms with van der Waals surface area (Å²) in [7, 11) is 0. The van der Waals surface area contributed by atoms with E-state index in [4.69, 9.17) is 16.3 Å². The number of nitrogens with zero attached hydrogens (tertiary/aromatic N) is 2. The van der Waals surface area contributed by atoms with Crippen molar-refractivity contribution in [3.8, 4) is 0 Å². The molecule has 1 saturated heterocycles. The number of hydrogen-bond acceptors (Lipinski definition) is 4. The molecular formula is C23H29ClN2O3. The van der Waals surface area contributed by atoms with Crippen molar-refractivity contribution in [2.45, 2.75) is 32.1 Å².